The van der Waals surface area contributed by atoms with E-state index in [9.17, 15) is 0 Å². The van der Waals surface area contributed by atoms with Crippen molar-refractivity contribution in [2.24, 2.45) is 0 Å². The van der Waals surface area contributed by atoms with Crippen molar-refractivity contribution in [1.29, 1.82) is 0 Å². The number of rotatable bonds is 7. The summed E-state index contributed by atoms with van der Waals surface area (Å²) in [6.07, 6.45) is 0. The van der Waals surface area contributed by atoms with E-state index in [0.29, 0.717) is 6.04 Å². The van der Waals surface area contributed by atoms with Gasteiger partial charge in [-0.3, -0.25) is 9.80 Å². The molecule has 2 aromatic carbocycles. The number of hydrogen-bond acceptors (Lipinski definition) is 3. The highest BCUT2D eigenvalue weighted by molar-refractivity contribution is 5.31. The van der Waals surface area contributed by atoms with E-state index in [2.05, 4.69) is 77.4 Å². The molecule has 0 spiro atoms. The number of ether oxygens (including phenoxy) is 1. The lowest BCUT2D eigenvalue weighted by Crippen LogP contribution is -2.48. The Morgan fingerprint density at radius 3 is 1.88 bits per heavy atom. The molecule has 0 atom stereocenters. The highest BCUT2D eigenvalue weighted by atomic mass is 16.5. The van der Waals surface area contributed by atoms with Crippen LogP contribution >= 0.6 is 0 Å². The Bertz CT molecular complexity index is 540. The van der Waals surface area contributed by atoms with Crippen LogP contribution in [-0.4, -0.2) is 55.7 Å². The summed E-state index contributed by atoms with van der Waals surface area (Å²) in [5.74, 6) is 0. The van der Waals surface area contributed by atoms with Crippen LogP contribution in [-0.2, 0) is 4.74 Å². The second-order valence-corrected chi connectivity index (χ2v) is 6.30. The molecule has 24 heavy (non-hydrogen) atoms. The molecule has 0 aromatic heterocycles. The molecule has 1 aliphatic rings. The molecule has 3 heteroatoms. The summed E-state index contributed by atoms with van der Waals surface area (Å²) in [6.45, 7) is 9.18. The lowest BCUT2D eigenvalue weighted by molar-refractivity contribution is 0.0709. The summed E-state index contributed by atoms with van der Waals surface area (Å²) in [5.41, 5.74) is 2.76. The molecule has 3 rings (SSSR count). The van der Waals surface area contributed by atoms with Gasteiger partial charge in [-0.1, -0.05) is 60.7 Å². The van der Waals surface area contributed by atoms with Crippen molar-refractivity contribution in [2.75, 3.05) is 45.9 Å². The maximum Gasteiger partial charge on any atom is 0.0602 e. The third-order valence-corrected chi connectivity index (χ3v) is 4.76. The second-order valence-electron chi connectivity index (χ2n) is 6.30. The highest BCUT2D eigenvalue weighted by Crippen LogP contribution is 2.29. The van der Waals surface area contributed by atoms with Crippen LogP contribution in [0.2, 0.25) is 0 Å². The molecular formula is C21H28N2O. The lowest BCUT2D eigenvalue weighted by Gasteiger charge is -2.39. The number of hydrogen-bond donors (Lipinski definition) is 0. The molecule has 1 heterocycles. The van der Waals surface area contributed by atoms with Gasteiger partial charge >= 0.3 is 0 Å². The summed E-state index contributed by atoms with van der Waals surface area (Å²) in [6, 6.07) is 22.1. The van der Waals surface area contributed by atoms with Crippen molar-refractivity contribution in [3.63, 3.8) is 0 Å². The molecule has 0 bridgehead atoms. The SMILES string of the molecule is CCOCCN1CCN(C(c2ccccc2)c2ccccc2)CC1. The van der Waals surface area contributed by atoms with Gasteiger partial charge in [-0.05, 0) is 18.1 Å². The largest absolute Gasteiger partial charge is 0.380 e. The van der Waals surface area contributed by atoms with Crippen molar-refractivity contribution in [1.82, 2.24) is 9.80 Å². The monoisotopic (exact) mass is 324 g/mol. The molecule has 0 N–H and O–H groups in total. The van der Waals surface area contributed by atoms with E-state index < -0.39 is 0 Å². The van der Waals surface area contributed by atoms with E-state index >= 15 is 0 Å². The van der Waals surface area contributed by atoms with E-state index in [1.54, 1.807) is 0 Å². The number of benzene rings is 2. The molecule has 0 unspecified atom stereocenters. The Morgan fingerprint density at radius 2 is 1.38 bits per heavy atom. The van der Waals surface area contributed by atoms with E-state index in [1.165, 1.54) is 11.1 Å². The van der Waals surface area contributed by atoms with E-state index in [4.69, 9.17) is 4.74 Å². The van der Waals surface area contributed by atoms with Crippen molar-refractivity contribution in [3.05, 3.63) is 71.8 Å². The van der Waals surface area contributed by atoms with Crippen molar-refractivity contribution in [2.45, 2.75) is 13.0 Å². The Hall–Kier alpha value is -1.68. The first-order valence-corrected chi connectivity index (χ1v) is 9.02. The first-order chi connectivity index (χ1) is 11.9. The van der Waals surface area contributed by atoms with Gasteiger partial charge in [0.25, 0.3) is 0 Å². The molecule has 128 valence electrons. The van der Waals surface area contributed by atoms with Crippen LogP contribution in [0.4, 0.5) is 0 Å². The average Bonchev–Trinajstić information content (AvgIpc) is 2.65. The lowest BCUT2D eigenvalue weighted by atomic mass is 9.96. The predicted octanol–water partition coefficient (Wildman–Crippen LogP) is 3.43. The van der Waals surface area contributed by atoms with Crippen LogP contribution in [0, 0.1) is 0 Å². The van der Waals surface area contributed by atoms with Crippen LogP contribution in [0.1, 0.15) is 24.1 Å². The Morgan fingerprint density at radius 1 is 0.833 bits per heavy atom. The average molecular weight is 324 g/mol. The van der Waals surface area contributed by atoms with Gasteiger partial charge in [0.1, 0.15) is 0 Å². The third kappa shape index (κ3) is 4.44. The normalized spacial score (nSPS) is 16.6. The van der Waals surface area contributed by atoms with Crippen molar-refractivity contribution >= 4 is 0 Å². The van der Waals surface area contributed by atoms with Crippen LogP contribution < -0.4 is 0 Å². The van der Waals surface area contributed by atoms with Crippen LogP contribution in [0.15, 0.2) is 60.7 Å². The molecule has 1 saturated heterocycles. The van der Waals surface area contributed by atoms with E-state index in [-0.39, 0.29) is 0 Å². The number of nitrogens with zero attached hydrogens (tertiary/aromatic N) is 2. The quantitative estimate of drug-likeness (QED) is 0.726. The zero-order valence-electron chi connectivity index (χ0n) is 14.6. The fourth-order valence-electron chi connectivity index (χ4n) is 3.47. The first-order valence-electron chi connectivity index (χ1n) is 9.02. The van der Waals surface area contributed by atoms with Gasteiger partial charge in [0.05, 0.1) is 12.6 Å². The van der Waals surface area contributed by atoms with Gasteiger partial charge in [-0.2, -0.15) is 0 Å². The van der Waals surface area contributed by atoms with Gasteiger partial charge in [-0.15, -0.1) is 0 Å². The molecule has 1 aliphatic heterocycles. The topological polar surface area (TPSA) is 15.7 Å². The maximum atomic E-state index is 5.49. The van der Waals surface area contributed by atoms with Crippen molar-refractivity contribution < 1.29 is 4.74 Å². The molecule has 0 aliphatic carbocycles. The molecule has 0 radical (unpaired) electrons. The van der Waals surface area contributed by atoms with E-state index in [1.807, 2.05) is 0 Å². The fraction of sp³-hybridized carbons (Fsp3) is 0.429. The fourth-order valence-corrected chi connectivity index (χ4v) is 3.47. The zero-order chi connectivity index (χ0) is 16.6. The molecule has 1 fully saturated rings. The molecular weight excluding hydrogens is 296 g/mol. The zero-order valence-corrected chi connectivity index (χ0v) is 14.6. The van der Waals surface area contributed by atoms with Crippen LogP contribution in [0.5, 0.6) is 0 Å². The maximum absolute atomic E-state index is 5.49. The minimum absolute atomic E-state index is 0.349. The van der Waals surface area contributed by atoms with Gasteiger partial charge < -0.3 is 4.74 Å². The molecule has 0 saturated carbocycles. The van der Waals surface area contributed by atoms with Gasteiger partial charge in [0, 0.05) is 39.3 Å². The summed E-state index contributed by atoms with van der Waals surface area (Å²) < 4.78 is 5.49. The van der Waals surface area contributed by atoms with Gasteiger partial charge in [0.15, 0.2) is 0 Å². The smallest absolute Gasteiger partial charge is 0.0602 e. The minimum atomic E-state index is 0.349. The molecule has 3 nitrogen and oxygen atoms in total. The van der Waals surface area contributed by atoms with E-state index in [0.717, 1.165) is 45.9 Å². The standard InChI is InChI=1S/C21H28N2O/c1-2-24-18-17-22-13-15-23(16-14-22)21(19-9-5-3-6-10-19)20-11-7-4-8-12-20/h3-12,21H,2,13-18H2,1H3. The predicted molar refractivity (Wildman–Crippen MR) is 99.2 cm³/mol. The Labute approximate surface area is 145 Å². The summed E-state index contributed by atoms with van der Waals surface area (Å²) >= 11 is 0. The highest BCUT2D eigenvalue weighted by Gasteiger charge is 2.25. The summed E-state index contributed by atoms with van der Waals surface area (Å²) in [4.78, 5) is 5.13. The van der Waals surface area contributed by atoms with Gasteiger partial charge in [-0.25, -0.2) is 0 Å². The molecule has 0 amide bonds. The Kier molecular flexibility index (Phi) is 6.41. The summed E-state index contributed by atoms with van der Waals surface area (Å²) in [7, 11) is 0. The van der Waals surface area contributed by atoms with Crippen LogP contribution in [0.25, 0.3) is 0 Å². The van der Waals surface area contributed by atoms with Crippen molar-refractivity contribution in [3.8, 4) is 0 Å². The summed E-state index contributed by atoms with van der Waals surface area (Å²) in [5, 5.41) is 0. The minimum Gasteiger partial charge on any atom is -0.380 e. The first kappa shape index (κ1) is 17.2. The number of piperazine rings is 1. The van der Waals surface area contributed by atoms with Crippen LogP contribution in [0.3, 0.4) is 0 Å². The Balaban J connectivity index is 1.69. The second kappa shape index (κ2) is 8.97. The third-order valence-electron chi connectivity index (χ3n) is 4.76. The van der Waals surface area contributed by atoms with Gasteiger partial charge in [0.2, 0.25) is 0 Å². The molecule has 2 aromatic rings.